The van der Waals surface area contributed by atoms with E-state index in [0.717, 1.165) is 6.54 Å². The van der Waals surface area contributed by atoms with Crippen LogP contribution in [0.15, 0.2) is 29.2 Å². The third-order valence-electron chi connectivity index (χ3n) is 2.12. The molecule has 2 heterocycles. The maximum atomic E-state index is 11.7. The molecule has 7 heteroatoms. The highest BCUT2D eigenvalue weighted by Gasteiger charge is 2.09. The van der Waals surface area contributed by atoms with E-state index < -0.39 is 5.91 Å². The zero-order valence-electron chi connectivity index (χ0n) is 9.17. The van der Waals surface area contributed by atoms with Gasteiger partial charge in [-0.2, -0.15) is 10.2 Å². The Morgan fingerprint density at radius 1 is 1.47 bits per heavy atom. The van der Waals surface area contributed by atoms with Crippen LogP contribution in [0.2, 0.25) is 0 Å². The van der Waals surface area contributed by atoms with Crippen molar-refractivity contribution >= 4 is 11.7 Å². The molecule has 0 aliphatic carbocycles. The average Bonchev–Trinajstić information content (AvgIpc) is 2.77. The van der Waals surface area contributed by atoms with Crippen LogP contribution in [0.1, 0.15) is 17.4 Å². The van der Waals surface area contributed by atoms with Gasteiger partial charge in [0.15, 0.2) is 5.82 Å². The quantitative estimate of drug-likeness (QED) is 0.794. The van der Waals surface area contributed by atoms with Crippen molar-refractivity contribution in [2.45, 2.75) is 13.5 Å². The van der Waals surface area contributed by atoms with E-state index in [1.165, 1.54) is 12.1 Å². The van der Waals surface area contributed by atoms with Gasteiger partial charge in [-0.05, 0) is 13.0 Å². The summed E-state index contributed by atoms with van der Waals surface area (Å²) in [5.41, 5.74) is -0.215. The van der Waals surface area contributed by atoms with Gasteiger partial charge in [0, 0.05) is 24.9 Å². The zero-order valence-corrected chi connectivity index (χ0v) is 9.17. The molecule has 0 aliphatic rings. The number of hydrogen-bond acceptors (Lipinski definition) is 4. The number of aromatic nitrogens is 4. The molecule has 0 atom stereocenters. The van der Waals surface area contributed by atoms with Crippen LogP contribution in [-0.4, -0.2) is 25.9 Å². The molecule has 2 N–H and O–H groups in total. The van der Waals surface area contributed by atoms with Crippen LogP contribution in [-0.2, 0) is 6.54 Å². The number of nitrogens with zero attached hydrogens (tertiary/aromatic N) is 3. The van der Waals surface area contributed by atoms with Crippen LogP contribution in [0.4, 0.5) is 5.82 Å². The predicted octanol–water partition coefficient (Wildman–Crippen LogP) is 0.239. The minimum Gasteiger partial charge on any atom is -0.304 e. The smallest absolute Gasteiger partial charge is 0.277 e. The molecule has 0 radical (unpaired) electrons. The molecule has 17 heavy (non-hydrogen) atoms. The second kappa shape index (κ2) is 4.60. The van der Waals surface area contributed by atoms with Crippen molar-refractivity contribution in [1.29, 1.82) is 0 Å². The number of hydrogen-bond donors (Lipinski definition) is 2. The molecular weight excluding hydrogens is 222 g/mol. The maximum absolute atomic E-state index is 11.7. The molecule has 1 amide bonds. The van der Waals surface area contributed by atoms with Crippen LogP contribution < -0.4 is 10.9 Å². The summed E-state index contributed by atoms with van der Waals surface area (Å²) in [6.45, 7) is 2.68. The summed E-state index contributed by atoms with van der Waals surface area (Å²) >= 11 is 0. The van der Waals surface area contributed by atoms with Crippen LogP contribution >= 0.6 is 0 Å². The van der Waals surface area contributed by atoms with Gasteiger partial charge in [-0.3, -0.25) is 14.3 Å². The molecule has 0 fully saturated rings. The first-order valence-electron chi connectivity index (χ1n) is 5.09. The van der Waals surface area contributed by atoms with Gasteiger partial charge in [0.1, 0.15) is 5.69 Å². The molecule has 2 aromatic heterocycles. The van der Waals surface area contributed by atoms with Crippen molar-refractivity contribution in [2.24, 2.45) is 0 Å². The van der Waals surface area contributed by atoms with Gasteiger partial charge in [-0.15, -0.1) is 0 Å². The fourth-order valence-corrected chi connectivity index (χ4v) is 1.26. The van der Waals surface area contributed by atoms with Gasteiger partial charge in [0.25, 0.3) is 11.5 Å². The summed E-state index contributed by atoms with van der Waals surface area (Å²) in [5.74, 6) is 0.0347. The van der Waals surface area contributed by atoms with Crippen molar-refractivity contribution in [3.05, 3.63) is 40.4 Å². The number of rotatable bonds is 3. The molecule has 0 bridgehead atoms. The van der Waals surface area contributed by atoms with E-state index in [4.69, 9.17) is 0 Å². The van der Waals surface area contributed by atoms with Crippen molar-refractivity contribution in [2.75, 3.05) is 5.32 Å². The minimum atomic E-state index is -0.414. The summed E-state index contributed by atoms with van der Waals surface area (Å²) in [4.78, 5) is 22.5. The Labute approximate surface area is 96.5 Å². The monoisotopic (exact) mass is 233 g/mol. The van der Waals surface area contributed by atoms with Gasteiger partial charge in [-0.25, -0.2) is 5.10 Å². The van der Waals surface area contributed by atoms with Crippen LogP contribution in [0.25, 0.3) is 0 Å². The van der Waals surface area contributed by atoms with Crippen molar-refractivity contribution in [3.8, 4) is 0 Å². The lowest BCUT2D eigenvalue weighted by Crippen LogP contribution is -2.17. The van der Waals surface area contributed by atoms with Gasteiger partial charge in [0.05, 0.1) is 0 Å². The molecule has 0 saturated heterocycles. The molecule has 0 saturated carbocycles. The summed E-state index contributed by atoms with van der Waals surface area (Å²) in [5, 5.41) is 12.5. The van der Waals surface area contributed by atoms with E-state index in [2.05, 4.69) is 20.6 Å². The predicted molar refractivity (Wildman–Crippen MR) is 60.7 cm³/mol. The van der Waals surface area contributed by atoms with E-state index in [9.17, 15) is 9.59 Å². The first-order valence-corrected chi connectivity index (χ1v) is 5.09. The number of carbonyl (C=O) groups excluding carboxylic acids is 1. The van der Waals surface area contributed by atoms with Gasteiger partial charge >= 0.3 is 0 Å². The Morgan fingerprint density at radius 2 is 2.29 bits per heavy atom. The standard InChI is InChI=1S/C10H11N5O2/c1-2-15-6-5-8(14-15)11-10(17)7-3-4-9(16)13-12-7/h3-6H,2H2,1H3,(H,13,16)(H,11,14,17). The second-order valence-electron chi connectivity index (χ2n) is 3.32. The molecule has 2 aromatic rings. The lowest BCUT2D eigenvalue weighted by Gasteiger charge is -2.00. The van der Waals surface area contributed by atoms with Crippen molar-refractivity contribution < 1.29 is 4.79 Å². The van der Waals surface area contributed by atoms with Gasteiger partial charge in [-0.1, -0.05) is 0 Å². The first kappa shape index (κ1) is 11.1. The summed E-state index contributed by atoms with van der Waals surface area (Å²) in [7, 11) is 0. The van der Waals surface area contributed by atoms with Crippen LogP contribution in [0.3, 0.4) is 0 Å². The third-order valence-corrected chi connectivity index (χ3v) is 2.12. The highest BCUT2D eigenvalue weighted by atomic mass is 16.2. The fraction of sp³-hybridized carbons (Fsp3) is 0.200. The Morgan fingerprint density at radius 3 is 2.88 bits per heavy atom. The molecule has 0 aromatic carbocycles. The van der Waals surface area contributed by atoms with E-state index in [-0.39, 0.29) is 11.3 Å². The van der Waals surface area contributed by atoms with E-state index in [1.54, 1.807) is 16.9 Å². The number of aryl methyl sites for hydroxylation is 1. The summed E-state index contributed by atoms with van der Waals surface area (Å²) < 4.78 is 1.69. The van der Waals surface area contributed by atoms with Crippen molar-refractivity contribution in [3.63, 3.8) is 0 Å². The highest BCUT2D eigenvalue weighted by Crippen LogP contribution is 2.03. The SMILES string of the molecule is CCn1ccc(NC(=O)c2ccc(=O)[nH]n2)n1. The third kappa shape index (κ3) is 2.57. The van der Waals surface area contributed by atoms with Gasteiger partial charge < -0.3 is 5.32 Å². The lowest BCUT2D eigenvalue weighted by atomic mass is 10.3. The Kier molecular flexibility index (Phi) is 2.99. The molecule has 7 nitrogen and oxygen atoms in total. The molecule has 2 rings (SSSR count). The number of H-pyrrole nitrogens is 1. The number of carbonyl (C=O) groups is 1. The number of aromatic amines is 1. The molecule has 0 aliphatic heterocycles. The Hall–Kier alpha value is -2.44. The highest BCUT2D eigenvalue weighted by molar-refractivity contribution is 6.02. The topological polar surface area (TPSA) is 92.7 Å². The summed E-state index contributed by atoms with van der Waals surface area (Å²) in [6.07, 6.45) is 1.76. The second-order valence-corrected chi connectivity index (χ2v) is 3.32. The van der Waals surface area contributed by atoms with Crippen LogP contribution in [0, 0.1) is 0 Å². The summed E-state index contributed by atoms with van der Waals surface area (Å²) in [6, 6.07) is 4.28. The largest absolute Gasteiger partial charge is 0.304 e. The molecular formula is C10H11N5O2. The normalized spacial score (nSPS) is 10.2. The zero-order chi connectivity index (χ0) is 12.3. The fourth-order valence-electron chi connectivity index (χ4n) is 1.26. The minimum absolute atomic E-state index is 0.135. The maximum Gasteiger partial charge on any atom is 0.277 e. The van der Waals surface area contributed by atoms with Gasteiger partial charge in [0.2, 0.25) is 0 Å². The molecule has 0 spiro atoms. The van der Waals surface area contributed by atoms with E-state index in [1.807, 2.05) is 6.92 Å². The average molecular weight is 233 g/mol. The van der Waals surface area contributed by atoms with E-state index in [0.29, 0.717) is 5.82 Å². The number of nitrogens with one attached hydrogen (secondary N) is 2. The van der Waals surface area contributed by atoms with Crippen molar-refractivity contribution in [1.82, 2.24) is 20.0 Å². The van der Waals surface area contributed by atoms with Crippen LogP contribution in [0.5, 0.6) is 0 Å². The Balaban J connectivity index is 2.11. The molecule has 88 valence electrons. The number of anilines is 1. The lowest BCUT2D eigenvalue weighted by molar-refractivity contribution is 0.102. The Bertz CT molecular complexity index is 566. The first-order chi connectivity index (χ1) is 8.19. The number of amides is 1. The molecule has 0 unspecified atom stereocenters. The van der Waals surface area contributed by atoms with E-state index >= 15 is 0 Å².